The van der Waals surface area contributed by atoms with Crippen molar-refractivity contribution in [2.45, 2.75) is 40.3 Å². The summed E-state index contributed by atoms with van der Waals surface area (Å²) in [7, 11) is 0. The molecule has 6 nitrogen and oxygen atoms in total. The van der Waals surface area contributed by atoms with Crippen molar-refractivity contribution < 1.29 is 4.79 Å². The van der Waals surface area contributed by atoms with Gasteiger partial charge < -0.3 is 9.88 Å². The van der Waals surface area contributed by atoms with Gasteiger partial charge in [-0.3, -0.25) is 9.59 Å². The van der Waals surface area contributed by atoms with Crippen LogP contribution in [0.3, 0.4) is 0 Å². The van der Waals surface area contributed by atoms with Gasteiger partial charge in [0.05, 0.1) is 17.3 Å². The zero-order valence-electron chi connectivity index (χ0n) is 14.9. The molecule has 0 aliphatic carbocycles. The molecule has 2 aromatic heterocycles. The van der Waals surface area contributed by atoms with E-state index in [4.69, 9.17) is 0 Å². The molecule has 0 saturated carbocycles. The van der Waals surface area contributed by atoms with Crippen molar-refractivity contribution in [2.24, 2.45) is 0 Å². The molecule has 2 heterocycles. The molecule has 0 unspecified atom stereocenters. The fourth-order valence-electron chi connectivity index (χ4n) is 3.11. The Labute approximate surface area is 146 Å². The Kier molecular flexibility index (Phi) is 4.44. The first-order valence-electron chi connectivity index (χ1n) is 8.32. The van der Waals surface area contributed by atoms with Gasteiger partial charge >= 0.3 is 0 Å². The predicted molar refractivity (Wildman–Crippen MR) is 98.1 cm³/mol. The Morgan fingerprint density at radius 2 is 1.84 bits per heavy atom. The molecule has 0 aliphatic heterocycles. The summed E-state index contributed by atoms with van der Waals surface area (Å²) in [4.78, 5) is 25.1. The van der Waals surface area contributed by atoms with Gasteiger partial charge in [0.25, 0.3) is 5.56 Å². The highest BCUT2D eigenvalue weighted by atomic mass is 16.2. The first-order chi connectivity index (χ1) is 11.9. The Bertz CT molecular complexity index is 984. The fraction of sp³-hybridized carbons (Fsp3) is 0.316. The van der Waals surface area contributed by atoms with E-state index < -0.39 is 0 Å². The second-order valence-corrected chi connectivity index (χ2v) is 6.46. The van der Waals surface area contributed by atoms with Crippen LogP contribution in [0, 0.1) is 13.8 Å². The normalized spacial score (nSPS) is 11.2. The fourth-order valence-corrected chi connectivity index (χ4v) is 3.11. The summed E-state index contributed by atoms with van der Waals surface area (Å²) < 4.78 is 3.27. The minimum atomic E-state index is -0.174. The monoisotopic (exact) mass is 338 g/mol. The molecule has 3 rings (SSSR count). The molecule has 3 aromatic rings. The highest BCUT2D eigenvalue weighted by Crippen LogP contribution is 2.22. The number of hydrogen-bond acceptors (Lipinski definition) is 3. The van der Waals surface area contributed by atoms with Crippen molar-refractivity contribution in [1.82, 2.24) is 19.7 Å². The van der Waals surface area contributed by atoms with Crippen LogP contribution >= 0.6 is 0 Å². The summed E-state index contributed by atoms with van der Waals surface area (Å²) in [6.07, 6.45) is 1.70. The van der Waals surface area contributed by atoms with Crippen LogP contribution < -0.4 is 10.9 Å². The zero-order chi connectivity index (χ0) is 18.1. The summed E-state index contributed by atoms with van der Waals surface area (Å²) in [6.45, 7) is 7.81. The average molecular weight is 338 g/mol. The zero-order valence-corrected chi connectivity index (χ0v) is 14.9. The van der Waals surface area contributed by atoms with Gasteiger partial charge in [0, 0.05) is 22.8 Å². The van der Waals surface area contributed by atoms with Crippen LogP contribution in [0.5, 0.6) is 0 Å². The third-order valence-corrected chi connectivity index (χ3v) is 4.29. The lowest BCUT2D eigenvalue weighted by molar-refractivity contribution is -0.122. The quantitative estimate of drug-likeness (QED) is 0.794. The highest BCUT2D eigenvalue weighted by molar-refractivity contribution is 5.88. The van der Waals surface area contributed by atoms with E-state index in [0.29, 0.717) is 5.39 Å². The van der Waals surface area contributed by atoms with E-state index in [2.05, 4.69) is 10.4 Å². The van der Waals surface area contributed by atoms with Crippen molar-refractivity contribution in [2.75, 3.05) is 0 Å². The number of hydrogen-bond donors (Lipinski definition) is 1. The number of nitrogens with one attached hydrogen (secondary N) is 1. The topological polar surface area (TPSA) is 68.9 Å². The maximum absolute atomic E-state index is 13.0. The first-order valence-corrected chi connectivity index (χ1v) is 8.32. The number of aromatic nitrogens is 3. The summed E-state index contributed by atoms with van der Waals surface area (Å²) >= 11 is 0. The van der Waals surface area contributed by atoms with Crippen LogP contribution in [-0.2, 0) is 11.3 Å². The molecule has 0 bridgehead atoms. The Balaban J connectivity index is 2.12. The van der Waals surface area contributed by atoms with Crippen LogP contribution in [0.25, 0.3) is 16.5 Å². The first kappa shape index (κ1) is 17.0. The van der Waals surface area contributed by atoms with E-state index in [-0.39, 0.29) is 24.1 Å². The maximum Gasteiger partial charge on any atom is 0.281 e. The molecule has 0 saturated heterocycles. The molecule has 0 fully saturated rings. The van der Waals surface area contributed by atoms with Crippen LogP contribution in [0.15, 0.2) is 41.3 Å². The molecule has 0 spiro atoms. The average Bonchev–Trinajstić information content (AvgIpc) is 2.81. The Hall–Kier alpha value is -2.89. The van der Waals surface area contributed by atoms with Crippen molar-refractivity contribution in [3.8, 4) is 5.69 Å². The largest absolute Gasteiger partial charge is 0.352 e. The van der Waals surface area contributed by atoms with Crippen LogP contribution in [0.4, 0.5) is 0 Å². The summed E-state index contributed by atoms with van der Waals surface area (Å²) in [5, 5.41) is 8.58. The van der Waals surface area contributed by atoms with E-state index in [0.717, 1.165) is 22.5 Å². The summed E-state index contributed by atoms with van der Waals surface area (Å²) in [5.41, 5.74) is 2.20. The smallest absolute Gasteiger partial charge is 0.281 e. The molecule has 0 radical (unpaired) electrons. The van der Waals surface area contributed by atoms with Crippen molar-refractivity contribution in [1.29, 1.82) is 0 Å². The molecular formula is C19H22N4O2. The molecule has 0 aliphatic rings. The van der Waals surface area contributed by atoms with Gasteiger partial charge in [-0.25, -0.2) is 0 Å². The Morgan fingerprint density at radius 3 is 2.48 bits per heavy atom. The molecule has 1 N–H and O–H groups in total. The number of aryl methyl sites for hydroxylation is 2. The number of carbonyl (C=O) groups is 1. The second-order valence-electron chi connectivity index (χ2n) is 6.46. The van der Waals surface area contributed by atoms with Gasteiger partial charge in [-0.15, -0.1) is 0 Å². The van der Waals surface area contributed by atoms with Crippen LogP contribution in [0.1, 0.15) is 25.2 Å². The van der Waals surface area contributed by atoms with E-state index in [1.165, 1.54) is 4.68 Å². The van der Waals surface area contributed by atoms with E-state index in [1.807, 2.05) is 62.6 Å². The number of nitrogens with zero attached hydrogens (tertiary/aromatic N) is 3. The third-order valence-electron chi connectivity index (χ3n) is 4.29. The molecule has 1 aromatic carbocycles. The molecule has 1 amide bonds. The number of benzene rings is 1. The summed E-state index contributed by atoms with van der Waals surface area (Å²) in [5.74, 6) is -0.0714. The lowest BCUT2D eigenvalue weighted by Crippen LogP contribution is -2.33. The van der Waals surface area contributed by atoms with Gasteiger partial charge in [-0.2, -0.15) is 9.78 Å². The van der Waals surface area contributed by atoms with Gasteiger partial charge in [0.2, 0.25) is 5.91 Å². The van der Waals surface area contributed by atoms with Crippen LogP contribution in [0.2, 0.25) is 0 Å². The number of rotatable bonds is 4. The van der Waals surface area contributed by atoms with E-state index in [9.17, 15) is 9.59 Å². The maximum atomic E-state index is 13.0. The minimum absolute atomic E-state index is 0.0714. The number of amides is 1. The minimum Gasteiger partial charge on any atom is -0.352 e. The molecule has 130 valence electrons. The highest BCUT2D eigenvalue weighted by Gasteiger charge is 2.18. The summed E-state index contributed by atoms with van der Waals surface area (Å²) in [6, 6.07) is 9.40. The number of para-hydroxylation sites is 1. The molecule has 0 atom stereocenters. The molecular weight excluding hydrogens is 316 g/mol. The standard InChI is InChI=1S/C19H22N4O2/c1-12(2)21-17(24)11-22-13(3)16-10-20-23(15-8-6-5-7-9-15)19(25)18(16)14(22)4/h5-10,12H,11H2,1-4H3,(H,21,24). The van der Waals surface area contributed by atoms with E-state index >= 15 is 0 Å². The molecule has 6 heteroatoms. The van der Waals surface area contributed by atoms with E-state index in [1.54, 1.807) is 6.20 Å². The van der Waals surface area contributed by atoms with Crippen LogP contribution in [-0.4, -0.2) is 26.3 Å². The number of fused-ring (bicyclic) bond motifs is 1. The van der Waals surface area contributed by atoms with Crippen molar-refractivity contribution in [3.63, 3.8) is 0 Å². The lowest BCUT2D eigenvalue weighted by atomic mass is 10.2. The lowest BCUT2D eigenvalue weighted by Gasteiger charge is -2.11. The SMILES string of the molecule is Cc1c2cnn(-c3ccccc3)c(=O)c2c(C)n1CC(=O)NC(C)C. The third kappa shape index (κ3) is 3.07. The van der Waals surface area contributed by atoms with Gasteiger partial charge in [0.1, 0.15) is 6.54 Å². The second kappa shape index (κ2) is 6.55. The van der Waals surface area contributed by atoms with Crippen molar-refractivity contribution in [3.05, 3.63) is 58.3 Å². The van der Waals surface area contributed by atoms with Crippen molar-refractivity contribution >= 4 is 16.7 Å². The Morgan fingerprint density at radius 1 is 1.16 bits per heavy atom. The number of carbonyl (C=O) groups excluding carboxylic acids is 1. The molecule has 25 heavy (non-hydrogen) atoms. The van der Waals surface area contributed by atoms with Gasteiger partial charge in [0.15, 0.2) is 0 Å². The van der Waals surface area contributed by atoms with Gasteiger partial charge in [-0.1, -0.05) is 18.2 Å². The van der Waals surface area contributed by atoms with Gasteiger partial charge in [-0.05, 0) is 39.8 Å². The predicted octanol–water partition coefficient (Wildman–Crippen LogP) is 2.33.